The minimum atomic E-state index is -0.0412. The zero-order valence-corrected chi connectivity index (χ0v) is 7.94. The van der Waals surface area contributed by atoms with Crippen LogP contribution >= 0.6 is 0 Å². The van der Waals surface area contributed by atoms with Crippen molar-refractivity contribution in [2.45, 2.75) is 6.42 Å². The summed E-state index contributed by atoms with van der Waals surface area (Å²) in [6, 6.07) is 3.41. The highest BCUT2D eigenvalue weighted by Crippen LogP contribution is 2.08. The van der Waals surface area contributed by atoms with E-state index in [9.17, 15) is 4.79 Å². The largest absolute Gasteiger partial charge is 0.459 e. The summed E-state index contributed by atoms with van der Waals surface area (Å²) in [5.41, 5.74) is 0. The molecule has 2 rings (SSSR count). The standard InChI is InChI=1S/C10H13NO3/c12-10(9-3-1-7-14-9)11-4-2-6-13-8-5-11/h1,3,7H,2,4-6,8H2. The van der Waals surface area contributed by atoms with Crippen molar-refractivity contribution >= 4 is 5.91 Å². The van der Waals surface area contributed by atoms with Crippen molar-refractivity contribution in [3.8, 4) is 0 Å². The van der Waals surface area contributed by atoms with Gasteiger partial charge >= 0.3 is 0 Å². The lowest BCUT2D eigenvalue weighted by Crippen LogP contribution is -2.32. The van der Waals surface area contributed by atoms with Crippen LogP contribution in [-0.2, 0) is 4.74 Å². The van der Waals surface area contributed by atoms with E-state index < -0.39 is 0 Å². The molecule has 0 aliphatic carbocycles. The fourth-order valence-corrected chi connectivity index (χ4v) is 1.51. The average molecular weight is 195 g/mol. The zero-order chi connectivity index (χ0) is 9.80. The van der Waals surface area contributed by atoms with E-state index in [1.54, 1.807) is 17.0 Å². The molecule has 0 aromatic carbocycles. The van der Waals surface area contributed by atoms with Crippen LogP contribution in [0.15, 0.2) is 22.8 Å². The maximum absolute atomic E-state index is 11.8. The van der Waals surface area contributed by atoms with Gasteiger partial charge in [0.25, 0.3) is 5.91 Å². The number of hydrogen-bond acceptors (Lipinski definition) is 3. The van der Waals surface area contributed by atoms with Gasteiger partial charge in [0.15, 0.2) is 5.76 Å². The predicted octanol–water partition coefficient (Wildman–Crippen LogP) is 1.14. The molecular formula is C10H13NO3. The minimum Gasteiger partial charge on any atom is -0.459 e. The zero-order valence-electron chi connectivity index (χ0n) is 7.94. The first-order chi connectivity index (χ1) is 6.88. The fourth-order valence-electron chi connectivity index (χ4n) is 1.51. The van der Waals surface area contributed by atoms with Crippen molar-refractivity contribution < 1.29 is 13.9 Å². The molecule has 1 saturated heterocycles. The monoisotopic (exact) mass is 195 g/mol. The van der Waals surface area contributed by atoms with Crippen LogP contribution < -0.4 is 0 Å². The normalized spacial score (nSPS) is 17.9. The highest BCUT2D eigenvalue weighted by molar-refractivity contribution is 5.91. The first-order valence-corrected chi connectivity index (χ1v) is 4.78. The van der Waals surface area contributed by atoms with E-state index in [0.29, 0.717) is 18.9 Å². The van der Waals surface area contributed by atoms with Crippen molar-refractivity contribution in [1.29, 1.82) is 0 Å². The Bertz CT molecular complexity index is 286. The number of rotatable bonds is 1. The SMILES string of the molecule is O=C(c1ccco1)N1CCCOCC1. The van der Waals surface area contributed by atoms with Gasteiger partial charge in [0, 0.05) is 19.7 Å². The Labute approximate surface area is 82.4 Å². The van der Waals surface area contributed by atoms with Crippen molar-refractivity contribution in [1.82, 2.24) is 4.90 Å². The molecule has 1 aliphatic rings. The van der Waals surface area contributed by atoms with Crippen LogP contribution in [0.25, 0.3) is 0 Å². The van der Waals surface area contributed by atoms with E-state index in [2.05, 4.69) is 0 Å². The molecule has 1 aromatic heterocycles. The molecule has 1 aromatic rings. The van der Waals surface area contributed by atoms with Crippen LogP contribution in [0.1, 0.15) is 17.0 Å². The third kappa shape index (κ3) is 1.96. The Hall–Kier alpha value is -1.29. The van der Waals surface area contributed by atoms with Gasteiger partial charge < -0.3 is 14.1 Å². The summed E-state index contributed by atoms with van der Waals surface area (Å²) < 4.78 is 10.3. The van der Waals surface area contributed by atoms with Crippen molar-refractivity contribution in [3.05, 3.63) is 24.2 Å². The van der Waals surface area contributed by atoms with Crippen LogP contribution in [0.2, 0.25) is 0 Å². The molecule has 0 atom stereocenters. The maximum atomic E-state index is 11.8. The summed E-state index contributed by atoms with van der Waals surface area (Å²) in [5.74, 6) is 0.368. The Balaban J connectivity index is 2.03. The summed E-state index contributed by atoms with van der Waals surface area (Å²) in [4.78, 5) is 13.6. The van der Waals surface area contributed by atoms with Gasteiger partial charge in [0.05, 0.1) is 12.9 Å². The summed E-state index contributed by atoms with van der Waals surface area (Å²) in [5, 5.41) is 0. The van der Waals surface area contributed by atoms with Crippen molar-refractivity contribution in [2.75, 3.05) is 26.3 Å². The van der Waals surface area contributed by atoms with Crippen LogP contribution in [0.5, 0.6) is 0 Å². The van der Waals surface area contributed by atoms with E-state index in [0.717, 1.165) is 19.6 Å². The van der Waals surface area contributed by atoms with E-state index in [1.165, 1.54) is 6.26 Å². The number of hydrogen-bond donors (Lipinski definition) is 0. The van der Waals surface area contributed by atoms with Gasteiger partial charge in [-0.15, -0.1) is 0 Å². The number of ether oxygens (including phenoxy) is 1. The Kier molecular flexibility index (Phi) is 2.84. The summed E-state index contributed by atoms with van der Waals surface area (Å²) in [6.07, 6.45) is 2.41. The van der Waals surface area contributed by atoms with Crippen LogP contribution in [-0.4, -0.2) is 37.1 Å². The smallest absolute Gasteiger partial charge is 0.289 e. The van der Waals surface area contributed by atoms with Crippen LogP contribution in [0, 0.1) is 0 Å². The molecule has 0 unspecified atom stereocenters. The number of amides is 1. The van der Waals surface area contributed by atoms with Gasteiger partial charge in [0.1, 0.15) is 0 Å². The van der Waals surface area contributed by atoms with E-state index in [1.807, 2.05) is 0 Å². The molecule has 76 valence electrons. The molecule has 1 fully saturated rings. The molecule has 0 saturated carbocycles. The Morgan fingerprint density at radius 2 is 2.29 bits per heavy atom. The quantitative estimate of drug-likeness (QED) is 0.675. The second-order valence-corrected chi connectivity index (χ2v) is 3.24. The molecule has 1 aliphatic heterocycles. The van der Waals surface area contributed by atoms with Crippen molar-refractivity contribution in [2.24, 2.45) is 0 Å². The van der Waals surface area contributed by atoms with Gasteiger partial charge in [-0.05, 0) is 18.6 Å². The maximum Gasteiger partial charge on any atom is 0.289 e. The lowest BCUT2D eigenvalue weighted by atomic mass is 10.3. The molecular weight excluding hydrogens is 182 g/mol. The van der Waals surface area contributed by atoms with Gasteiger partial charge in [-0.25, -0.2) is 0 Å². The third-order valence-corrected chi connectivity index (χ3v) is 2.24. The van der Waals surface area contributed by atoms with E-state index >= 15 is 0 Å². The number of carbonyl (C=O) groups is 1. The predicted molar refractivity (Wildman–Crippen MR) is 50.0 cm³/mol. The summed E-state index contributed by atoms with van der Waals surface area (Å²) >= 11 is 0. The molecule has 0 spiro atoms. The topological polar surface area (TPSA) is 42.7 Å². The summed E-state index contributed by atoms with van der Waals surface area (Å²) in [7, 11) is 0. The van der Waals surface area contributed by atoms with Crippen LogP contribution in [0.3, 0.4) is 0 Å². The van der Waals surface area contributed by atoms with E-state index in [-0.39, 0.29) is 5.91 Å². The van der Waals surface area contributed by atoms with Crippen LogP contribution in [0.4, 0.5) is 0 Å². The molecule has 0 bridgehead atoms. The summed E-state index contributed by atoms with van der Waals surface area (Å²) in [6.45, 7) is 2.76. The van der Waals surface area contributed by atoms with Gasteiger partial charge in [-0.1, -0.05) is 0 Å². The molecule has 4 nitrogen and oxygen atoms in total. The van der Waals surface area contributed by atoms with Gasteiger partial charge in [-0.3, -0.25) is 4.79 Å². The number of carbonyl (C=O) groups excluding carboxylic acids is 1. The lowest BCUT2D eigenvalue weighted by molar-refractivity contribution is 0.0710. The third-order valence-electron chi connectivity index (χ3n) is 2.24. The number of furan rings is 1. The second-order valence-electron chi connectivity index (χ2n) is 3.24. The molecule has 2 heterocycles. The molecule has 1 amide bonds. The van der Waals surface area contributed by atoms with E-state index in [4.69, 9.17) is 9.15 Å². The fraction of sp³-hybridized carbons (Fsp3) is 0.500. The average Bonchev–Trinajstić information content (AvgIpc) is 2.59. The molecule has 0 N–H and O–H groups in total. The van der Waals surface area contributed by atoms with Gasteiger partial charge in [-0.2, -0.15) is 0 Å². The Morgan fingerprint density at radius 3 is 3.07 bits per heavy atom. The number of nitrogens with zero attached hydrogens (tertiary/aromatic N) is 1. The lowest BCUT2D eigenvalue weighted by Gasteiger charge is -2.17. The highest BCUT2D eigenvalue weighted by atomic mass is 16.5. The molecule has 0 radical (unpaired) electrons. The first kappa shape index (κ1) is 9.27. The van der Waals surface area contributed by atoms with Crippen molar-refractivity contribution in [3.63, 3.8) is 0 Å². The molecule has 4 heteroatoms. The highest BCUT2D eigenvalue weighted by Gasteiger charge is 2.18. The first-order valence-electron chi connectivity index (χ1n) is 4.78. The van der Waals surface area contributed by atoms with Gasteiger partial charge in [0.2, 0.25) is 0 Å². The Morgan fingerprint density at radius 1 is 1.36 bits per heavy atom. The second kappa shape index (κ2) is 4.28. The minimum absolute atomic E-state index is 0.0412. The molecule has 14 heavy (non-hydrogen) atoms.